The quantitative estimate of drug-likeness (QED) is 0.550. The molecule has 0 atom stereocenters. The molecule has 4 rings (SSSR count). The summed E-state index contributed by atoms with van der Waals surface area (Å²) in [6.45, 7) is 9.21. The SMILES string of the molecule is CCCCc1ccc(C(=O)N2CCN(c3cc(C)nc(-c4ccc(C)cc4)n3)CC2)cc1. The van der Waals surface area contributed by atoms with E-state index in [4.69, 9.17) is 4.98 Å². The second kappa shape index (κ2) is 9.94. The van der Waals surface area contributed by atoms with Crippen molar-refractivity contribution in [1.82, 2.24) is 14.9 Å². The third-order valence-electron chi connectivity index (χ3n) is 6.06. The van der Waals surface area contributed by atoms with Crippen molar-refractivity contribution in [3.05, 3.63) is 77.0 Å². The van der Waals surface area contributed by atoms with Crippen molar-refractivity contribution in [2.45, 2.75) is 40.0 Å². The molecule has 1 aliphatic heterocycles. The fraction of sp³-hybridized carbons (Fsp3) is 0.370. The third-order valence-corrected chi connectivity index (χ3v) is 6.06. The van der Waals surface area contributed by atoms with Gasteiger partial charge in [0.25, 0.3) is 5.91 Å². The van der Waals surface area contributed by atoms with Gasteiger partial charge >= 0.3 is 0 Å². The predicted molar refractivity (Wildman–Crippen MR) is 130 cm³/mol. The molecule has 1 aliphatic rings. The number of unbranched alkanes of at least 4 members (excludes halogenated alkanes) is 1. The average Bonchev–Trinajstić information content (AvgIpc) is 2.83. The second-order valence-electron chi connectivity index (χ2n) is 8.64. The zero-order valence-corrected chi connectivity index (χ0v) is 19.3. The molecule has 3 aromatic rings. The Bertz CT molecular complexity index is 1050. The van der Waals surface area contributed by atoms with Crippen LogP contribution >= 0.6 is 0 Å². The van der Waals surface area contributed by atoms with Gasteiger partial charge in [0.1, 0.15) is 5.82 Å². The van der Waals surface area contributed by atoms with Gasteiger partial charge in [-0.3, -0.25) is 4.79 Å². The van der Waals surface area contributed by atoms with Gasteiger partial charge in [-0.25, -0.2) is 9.97 Å². The Hall–Kier alpha value is -3.21. The van der Waals surface area contributed by atoms with E-state index in [-0.39, 0.29) is 5.91 Å². The lowest BCUT2D eigenvalue weighted by molar-refractivity contribution is 0.0746. The van der Waals surface area contributed by atoms with E-state index in [0.29, 0.717) is 13.1 Å². The van der Waals surface area contributed by atoms with E-state index in [2.05, 4.69) is 60.1 Å². The van der Waals surface area contributed by atoms with Gasteiger partial charge in [0.2, 0.25) is 0 Å². The topological polar surface area (TPSA) is 49.3 Å². The number of piperazine rings is 1. The number of anilines is 1. The Balaban J connectivity index is 1.41. The lowest BCUT2D eigenvalue weighted by Crippen LogP contribution is -2.49. The molecule has 0 N–H and O–H groups in total. The van der Waals surface area contributed by atoms with E-state index in [0.717, 1.165) is 48.0 Å². The normalized spacial score (nSPS) is 14.0. The van der Waals surface area contributed by atoms with Crippen LogP contribution in [0.25, 0.3) is 11.4 Å². The zero-order valence-electron chi connectivity index (χ0n) is 19.3. The highest BCUT2D eigenvalue weighted by molar-refractivity contribution is 5.94. The molecule has 1 amide bonds. The molecule has 0 radical (unpaired) electrons. The molecule has 1 fully saturated rings. The van der Waals surface area contributed by atoms with E-state index >= 15 is 0 Å². The molecule has 2 heterocycles. The molecule has 5 nitrogen and oxygen atoms in total. The van der Waals surface area contributed by atoms with Crippen molar-refractivity contribution in [1.29, 1.82) is 0 Å². The summed E-state index contributed by atoms with van der Waals surface area (Å²) in [5, 5.41) is 0. The maximum atomic E-state index is 13.0. The summed E-state index contributed by atoms with van der Waals surface area (Å²) in [5.41, 5.74) is 5.27. The first-order chi connectivity index (χ1) is 15.5. The number of hydrogen-bond acceptors (Lipinski definition) is 4. The van der Waals surface area contributed by atoms with Crippen LogP contribution in [0.5, 0.6) is 0 Å². The van der Waals surface area contributed by atoms with Gasteiger partial charge in [0.05, 0.1) is 0 Å². The maximum absolute atomic E-state index is 13.0. The Kier molecular flexibility index (Phi) is 6.84. The molecule has 1 saturated heterocycles. The van der Waals surface area contributed by atoms with Gasteiger partial charge in [-0.05, 0) is 44.4 Å². The number of carbonyl (C=O) groups excluding carboxylic acids is 1. The first kappa shape index (κ1) is 22.0. The summed E-state index contributed by atoms with van der Waals surface area (Å²) in [4.78, 5) is 26.6. The lowest BCUT2D eigenvalue weighted by atomic mass is 10.1. The Morgan fingerprint density at radius 2 is 1.59 bits per heavy atom. The minimum Gasteiger partial charge on any atom is -0.353 e. The molecule has 0 bridgehead atoms. The number of benzene rings is 2. The predicted octanol–water partition coefficient (Wildman–Crippen LogP) is 5.07. The van der Waals surface area contributed by atoms with E-state index in [1.165, 1.54) is 24.0 Å². The smallest absolute Gasteiger partial charge is 0.253 e. The highest BCUT2D eigenvalue weighted by atomic mass is 16.2. The second-order valence-corrected chi connectivity index (χ2v) is 8.64. The molecule has 32 heavy (non-hydrogen) atoms. The number of rotatable bonds is 6. The van der Waals surface area contributed by atoms with Crippen LogP contribution < -0.4 is 4.90 Å². The summed E-state index contributed by atoms with van der Waals surface area (Å²) < 4.78 is 0. The molecular formula is C27H32N4O. The molecular weight excluding hydrogens is 396 g/mol. The largest absolute Gasteiger partial charge is 0.353 e. The van der Waals surface area contributed by atoms with Crippen LogP contribution in [0.4, 0.5) is 5.82 Å². The molecule has 1 aromatic heterocycles. The lowest BCUT2D eigenvalue weighted by Gasteiger charge is -2.35. The number of nitrogens with zero attached hydrogens (tertiary/aromatic N) is 4. The van der Waals surface area contributed by atoms with Crippen molar-refractivity contribution in [2.75, 3.05) is 31.1 Å². The van der Waals surface area contributed by atoms with E-state index in [1.807, 2.05) is 30.0 Å². The van der Waals surface area contributed by atoms with Crippen molar-refractivity contribution >= 4 is 11.7 Å². The van der Waals surface area contributed by atoms with Gasteiger partial charge in [-0.2, -0.15) is 0 Å². The molecule has 0 aliphatic carbocycles. The van der Waals surface area contributed by atoms with Crippen LogP contribution in [0.15, 0.2) is 54.6 Å². The van der Waals surface area contributed by atoms with Crippen LogP contribution in [0.2, 0.25) is 0 Å². The number of aryl methyl sites for hydroxylation is 3. The summed E-state index contributed by atoms with van der Waals surface area (Å²) in [6.07, 6.45) is 3.44. The molecule has 0 spiro atoms. The van der Waals surface area contributed by atoms with E-state index in [9.17, 15) is 4.79 Å². The fourth-order valence-corrected chi connectivity index (χ4v) is 4.06. The first-order valence-corrected chi connectivity index (χ1v) is 11.6. The van der Waals surface area contributed by atoms with Gasteiger partial charge in [-0.15, -0.1) is 0 Å². The number of aromatic nitrogens is 2. The van der Waals surface area contributed by atoms with Gasteiger partial charge < -0.3 is 9.80 Å². The molecule has 5 heteroatoms. The van der Waals surface area contributed by atoms with Crippen molar-refractivity contribution in [2.24, 2.45) is 0 Å². The molecule has 0 unspecified atom stereocenters. The summed E-state index contributed by atoms with van der Waals surface area (Å²) in [7, 11) is 0. The zero-order chi connectivity index (χ0) is 22.5. The monoisotopic (exact) mass is 428 g/mol. The maximum Gasteiger partial charge on any atom is 0.253 e. The van der Waals surface area contributed by atoms with Crippen molar-refractivity contribution in [3.8, 4) is 11.4 Å². The van der Waals surface area contributed by atoms with Gasteiger partial charge in [0.15, 0.2) is 5.82 Å². The standard InChI is InChI=1S/C27H32N4O/c1-4-5-6-22-9-13-24(14-10-22)27(32)31-17-15-30(16-18-31)25-19-21(3)28-26(29-25)23-11-7-20(2)8-12-23/h7-14,19H,4-6,15-18H2,1-3H3. The fourth-order valence-electron chi connectivity index (χ4n) is 4.06. The first-order valence-electron chi connectivity index (χ1n) is 11.6. The Labute approximate surface area is 191 Å². The number of hydrogen-bond donors (Lipinski definition) is 0. The number of amides is 1. The van der Waals surface area contributed by atoms with Crippen molar-refractivity contribution < 1.29 is 4.79 Å². The molecule has 2 aromatic carbocycles. The van der Waals surface area contributed by atoms with Gasteiger partial charge in [-0.1, -0.05) is 55.3 Å². The van der Waals surface area contributed by atoms with Gasteiger partial charge in [0, 0.05) is 49.1 Å². The Morgan fingerprint density at radius 3 is 2.25 bits per heavy atom. The van der Waals surface area contributed by atoms with Crippen LogP contribution in [-0.4, -0.2) is 47.0 Å². The highest BCUT2D eigenvalue weighted by Gasteiger charge is 2.23. The Morgan fingerprint density at radius 1 is 0.906 bits per heavy atom. The van der Waals surface area contributed by atoms with Crippen LogP contribution in [0, 0.1) is 13.8 Å². The van der Waals surface area contributed by atoms with E-state index < -0.39 is 0 Å². The average molecular weight is 429 g/mol. The molecule has 0 saturated carbocycles. The van der Waals surface area contributed by atoms with Crippen LogP contribution in [-0.2, 0) is 6.42 Å². The minimum atomic E-state index is 0.117. The molecule has 166 valence electrons. The summed E-state index contributed by atoms with van der Waals surface area (Å²) in [5.74, 6) is 1.80. The highest BCUT2D eigenvalue weighted by Crippen LogP contribution is 2.22. The van der Waals surface area contributed by atoms with Crippen LogP contribution in [0.1, 0.15) is 46.9 Å². The summed E-state index contributed by atoms with van der Waals surface area (Å²) in [6, 6.07) is 18.5. The summed E-state index contributed by atoms with van der Waals surface area (Å²) >= 11 is 0. The third kappa shape index (κ3) is 5.16. The van der Waals surface area contributed by atoms with E-state index in [1.54, 1.807) is 0 Å². The number of carbonyl (C=O) groups is 1. The van der Waals surface area contributed by atoms with Crippen molar-refractivity contribution in [3.63, 3.8) is 0 Å². The van der Waals surface area contributed by atoms with Crippen LogP contribution in [0.3, 0.4) is 0 Å². The minimum absolute atomic E-state index is 0.117.